The molecule has 1 fully saturated rings. The molecule has 0 radical (unpaired) electrons. The van der Waals surface area contributed by atoms with E-state index in [-0.39, 0.29) is 16.7 Å². The summed E-state index contributed by atoms with van der Waals surface area (Å²) in [6.45, 7) is 2.70. The molecule has 7 nitrogen and oxygen atoms in total. The summed E-state index contributed by atoms with van der Waals surface area (Å²) in [5, 5.41) is 0. The number of sulfonamides is 1. The number of amides is 1. The van der Waals surface area contributed by atoms with Crippen LogP contribution in [0, 0.1) is 6.92 Å². The molecule has 0 spiro atoms. The molecule has 1 aliphatic heterocycles. The molecule has 2 rings (SSSR count). The summed E-state index contributed by atoms with van der Waals surface area (Å²) in [5.41, 5.74) is 0.306. The number of aromatic nitrogens is 1. The molecule has 1 N–H and O–H groups in total. The molecule has 1 amide bonds. The van der Waals surface area contributed by atoms with E-state index in [9.17, 15) is 18.0 Å². The van der Waals surface area contributed by atoms with Gasteiger partial charge in [-0.1, -0.05) is 11.3 Å². The fourth-order valence-corrected chi connectivity index (χ4v) is 4.73. The van der Waals surface area contributed by atoms with Gasteiger partial charge in [0.05, 0.1) is 6.54 Å². The lowest BCUT2D eigenvalue weighted by Gasteiger charge is -2.20. The number of hydrogen-bond donors (Lipinski definition) is 1. The second-order valence-corrected chi connectivity index (χ2v) is 8.00. The largest absolute Gasteiger partial charge is 0.342 e. The lowest BCUT2D eigenvalue weighted by molar-refractivity contribution is -0.130. The quantitative estimate of drug-likeness (QED) is 0.845. The topological polar surface area (TPSA) is 90.5 Å². The maximum Gasteiger partial charge on any atom is 0.305 e. The number of carbonyl (C=O) groups excluding carboxylic acids is 1. The van der Waals surface area contributed by atoms with Crippen molar-refractivity contribution in [2.75, 3.05) is 26.7 Å². The van der Waals surface area contributed by atoms with Crippen LogP contribution >= 0.6 is 11.3 Å². The van der Waals surface area contributed by atoms with Crippen molar-refractivity contribution in [3.63, 3.8) is 0 Å². The Morgan fingerprint density at radius 1 is 1.40 bits per heavy atom. The molecule has 1 saturated heterocycles. The molecule has 112 valence electrons. The van der Waals surface area contributed by atoms with Gasteiger partial charge in [-0.3, -0.25) is 9.59 Å². The van der Waals surface area contributed by atoms with E-state index in [2.05, 4.69) is 4.98 Å². The highest BCUT2D eigenvalue weighted by molar-refractivity contribution is 7.91. The average molecular weight is 319 g/mol. The number of aromatic amines is 1. The Bertz CT molecular complexity index is 655. The van der Waals surface area contributed by atoms with Crippen molar-refractivity contribution in [1.29, 1.82) is 0 Å². The smallest absolute Gasteiger partial charge is 0.305 e. The predicted octanol–water partition coefficient (Wildman–Crippen LogP) is -0.0123. The van der Waals surface area contributed by atoms with Crippen LogP contribution in [-0.4, -0.2) is 55.2 Å². The van der Waals surface area contributed by atoms with E-state index < -0.39 is 14.9 Å². The molecule has 20 heavy (non-hydrogen) atoms. The van der Waals surface area contributed by atoms with Crippen LogP contribution in [0.3, 0.4) is 0 Å². The van der Waals surface area contributed by atoms with E-state index >= 15 is 0 Å². The summed E-state index contributed by atoms with van der Waals surface area (Å²) in [7, 11) is -2.45. The highest BCUT2D eigenvalue weighted by atomic mass is 32.2. The molecule has 1 aromatic rings. The molecule has 0 atom stereocenters. The van der Waals surface area contributed by atoms with E-state index in [1.54, 1.807) is 4.90 Å². The number of thiazole rings is 1. The SMILES string of the molecule is Cc1[nH]c(=O)sc1S(=O)(=O)N(C)CC(=O)N1CCCC1. The third-order valence-corrected chi connectivity index (χ3v) is 6.63. The number of hydrogen-bond acceptors (Lipinski definition) is 5. The van der Waals surface area contributed by atoms with Gasteiger partial charge >= 0.3 is 4.87 Å². The van der Waals surface area contributed by atoms with Crippen LogP contribution in [0.1, 0.15) is 18.5 Å². The number of nitrogens with zero attached hydrogens (tertiary/aromatic N) is 2. The first kappa shape index (κ1) is 15.2. The third kappa shape index (κ3) is 2.94. The van der Waals surface area contributed by atoms with Gasteiger partial charge < -0.3 is 9.88 Å². The molecule has 1 aromatic heterocycles. The zero-order chi connectivity index (χ0) is 14.9. The Labute approximate surface area is 121 Å². The van der Waals surface area contributed by atoms with E-state index in [4.69, 9.17) is 0 Å². The van der Waals surface area contributed by atoms with Gasteiger partial charge in [0, 0.05) is 25.8 Å². The normalized spacial score (nSPS) is 16.1. The minimum Gasteiger partial charge on any atom is -0.342 e. The minimum atomic E-state index is -3.80. The maximum atomic E-state index is 12.3. The van der Waals surface area contributed by atoms with Crippen molar-refractivity contribution >= 4 is 27.3 Å². The number of rotatable bonds is 4. The summed E-state index contributed by atoms with van der Waals surface area (Å²) in [6.07, 6.45) is 1.92. The van der Waals surface area contributed by atoms with Crippen LogP contribution in [-0.2, 0) is 14.8 Å². The number of H-pyrrole nitrogens is 1. The highest BCUT2D eigenvalue weighted by Crippen LogP contribution is 2.20. The van der Waals surface area contributed by atoms with Crippen molar-refractivity contribution in [3.05, 3.63) is 15.4 Å². The predicted molar refractivity (Wildman–Crippen MR) is 75.3 cm³/mol. The first-order chi connectivity index (χ1) is 9.32. The Morgan fingerprint density at radius 2 is 2.00 bits per heavy atom. The van der Waals surface area contributed by atoms with Gasteiger partial charge in [0.15, 0.2) is 4.21 Å². The Hall–Kier alpha value is -1.19. The molecule has 0 unspecified atom stereocenters. The summed E-state index contributed by atoms with van der Waals surface area (Å²) >= 11 is 0.643. The van der Waals surface area contributed by atoms with Gasteiger partial charge in [-0.05, 0) is 19.8 Å². The number of aryl methyl sites for hydroxylation is 1. The number of nitrogens with one attached hydrogen (secondary N) is 1. The van der Waals surface area contributed by atoms with Crippen LogP contribution in [0.2, 0.25) is 0 Å². The monoisotopic (exact) mass is 319 g/mol. The molecule has 0 aromatic carbocycles. The van der Waals surface area contributed by atoms with E-state index in [1.807, 2.05) is 0 Å². The van der Waals surface area contributed by atoms with E-state index in [0.29, 0.717) is 30.1 Å². The highest BCUT2D eigenvalue weighted by Gasteiger charge is 2.29. The number of likely N-dealkylation sites (tertiary alicyclic amines) is 1. The third-order valence-electron chi connectivity index (χ3n) is 3.24. The van der Waals surface area contributed by atoms with Crippen molar-refractivity contribution < 1.29 is 13.2 Å². The number of likely N-dealkylation sites (N-methyl/N-ethyl adjacent to an activating group) is 1. The average Bonchev–Trinajstić information content (AvgIpc) is 2.98. The van der Waals surface area contributed by atoms with Crippen LogP contribution in [0.15, 0.2) is 9.00 Å². The van der Waals surface area contributed by atoms with Gasteiger partial charge in [0.25, 0.3) is 10.0 Å². The standard InChI is InChI=1S/C11H17N3O4S2/c1-8-10(19-11(16)12-8)20(17,18)13(2)7-9(15)14-5-3-4-6-14/h3-7H2,1-2H3,(H,12,16). The second kappa shape index (κ2) is 5.66. The Kier molecular flexibility index (Phi) is 4.31. The molecule has 0 aliphatic carbocycles. The van der Waals surface area contributed by atoms with Crippen molar-refractivity contribution in [2.45, 2.75) is 24.0 Å². The van der Waals surface area contributed by atoms with Gasteiger partial charge in [-0.15, -0.1) is 0 Å². The van der Waals surface area contributed by atoms with Gasteiger partial charge in [0.1, 0.15) is 0 Å². The summed E-state index contributed by atoms with van der Waals surface area (Å²) in [5.74, 6) is -0.200. The molecular weight excluding hydrogens is 302 g/mol. The van der Waals surface area contributed by atoms with Gasteiger partial charge in [-0.2, -0.15) is 4.31 Å². The van der Waals surface area contributed by atoms with Gasteiger partial charge in [0.2, 0.25) is 5.91 Å². The Balaban J connectivity index is 2.15. The van der Waals surface area contributed by atoms with Gasteiger partial charge in [-0.25, -0.2) is 8.42 Å². The fraction of sp³-hybridized carbons (Fsp3) is 0.636. The summed E-state index contributed by atoms with van der Waals surface area (Å²) in [6, 6.07) is 0. The van der Waals surface area contributed by atoms with Crippen LogP contribution in [0.5, 0.6) is 0 Å². The first-order valence-electron chi connectivity index (χ1n) is 6.26. The van der Waals surface area contributed by atoms with E-state index in [0.717, 1.165) is 17.1 Å². The Morgan fingerprint density at radius 3 is 2.50 bits per heavy atom. The fourth-order valence-electron chi connectivity index (χ4n) is 2.12. The molecule has 0 saturated carbocycles. The molecule has 2 heterocycles. The van der Waals surface area contributed by atoms with Crippen LogP contribution in [0.4, 0.5) is 0 Å². The lowest BCUT2D eigenvalue weighted by atomic mass is 10.4. The van der Waals surface area contributed by atoms with Crippen molar-refractivity contribution in [3.8, 4) is 0 Å². The second-order valence-electron chi connectivity index (χ2n) is 4.78. The van der Waals surface area contributed by atoms with Crippen molar-refractivity contribution in [1.82, 2.24) is 14.2 Å². The molecule has 0 bridgehead atoms. The number of carbonyl (C=O) groups is 1. The molecular formula is C11H17N3O4S2. The lowest BCUT2D eigenvalue weighted by Crippen LogP contribution is -2.39. The first-order valence-corrected chi connectivity index (χ1v) is 8.52. The van der Waals surface area contributed by atoms with Crippen molar-refractivity contribution in [2.24, 2.45) is 0 Å². The zero-order valence-electron chi connectivity index (χ0n) is 11.4. The molecule has 9 heteroatoms. The molecule has 1 aliphatic rings. The summed E-state index contributed by atoms with van der Waals surface area (Å²) in [4.78, 5) is 26.9. The minimum absolute atomic E-state index is 0.0285. The zero-order valence-corrected chi connectivity index (χ0v) is 13.0. The van der Waals surface area contributed by atoms with Crippen LogP contribution in [0.25, 0.3) is 0 Å². The van der Waals surface area contributed by atoms with E-state index in [1.165, 1.54) is 14.0 Å². The van der Waals surface area contributed by atoms with Crippen LogP contribution < -0.4 is 4.87 Å². The summed E-state index contributed by atoms with van der Waals surface area (Å²) < 4.78 is 25.6. The maximum absolute atomic E-state index is 12.3.